The second-order valence-electron chi connectivity index (χ2n) is 3.49. The first-order valence-corrected chi connectivity index (χ1v) is 5.57. The largest absolute Gasteiger partial charge is 0.466 e. The van der Waals surface area contributed by atoms with E-state index in [1.807, 2.05) is 0 Å². The number of rotatable bonds is 7. The van der Waals surface area contributed by atoms with Crippen LogP contribution in [0.1, 0.15) is 0 Å². The molecule has 9 nitrogen and oxygen atoms in total. The Kier molecular flexibility index (Phi) is 8.35. The summed E-state index contributed by atoms with van der Waals surface area (Å²) in [5.41, 5.74) is 5.44. The normalized spacial score (nSPS) is 11.6. The smallest absolute Gasteiger partial charge is 0.330 e. The average Bonchev–Trinajstić information content (AvgIpc) is 2.46. The molecule has 0 radical (unpaired) electrons. The van der Waals surface area contributed by atoms with Crippen molar-refractivity contribution in [3.05, 3.63) is 12.2 Å². The molecule has 2 amide bonds. The van der Waals surface area contributed by atoms with Crippen LogP contribution in [0.2, 0.25) is 0 Å². The summed E-state index contributed by atoms with van der Waals surface area (Å²) in [4.78, 5) is 44.1. The van der Waals surface area contributed by atoms with Gasteiger partial charge in [-0.1, -0.05) is 0 Å². The molecular weight excluding hydrogens is 270 g/mol. The molecule has 0 unspecified atom stereocenters. The van der Waals surface area contributed by atoms with Gasteiger partial charge in [-0.2, -0.15) is 0 Å². The van der Waals surface area contributed by atoms with Crippen LogP contribution in [0, 0.1) is 0 Å². The zero-order valence-electron chi connectivity index (χ0n) is 11.2. The van der Waals surface area contributed by atoms with E-state index in [9.17, 15) is 19.2 Å². The Balaban J connectivity index is 4.02. The highest BCUT2D eigenvalue weighted by Gasteiger charge is 2.16. The third-order valence-corrected chi connectivity index (χ3v) is 2.00. The number of hydrogen-bond donors (Lipinski definition) is 3. The highest BCUT2D eigenvalue weighted by atomic mass is 16.5. The fourth-order valence-electron chi connectivity index (χ4n) is 0.880. The molecule has 0 spiro atoms. The number of nitrogens with two attached hydrogens (primary N) is 1. The molecule has 0 saturated carbocycles. The standard InChI is InChI=1S/C11H17N3O6/c1-13-9(16)6-20-11(18)7(12)5-14-8(15)3-4-10(17)19-2/h3-4,7H,5-6,12H2,1-2H3,(H,13,16)(H,14,15)/b4-3+/t7-/m0/s1. The van der Waals surface area contributed by atoms with Crippen LogP contribution in [-0.4, -0.2) is 57.1 Å². The van der Waals surface area contributed by atoms with Crippen molar-refractivity contribution in [2.75, 3.05) is 27.3 Å². The van der Waals surface area contributed by atoms with Gasteiger partial charge in [-0.3, -0.25) is 14.4 Å². The number of hydrogen-bond acceptors (Lipinski definition) is 7. The number of carbonyl (C=O) groups excluding carboxylic acids is 4. The van der Waals surface area contributed by atoms with Crippen molar-refractivity contribution in [3.8, 4) is 0 Å². The van der Waals surface area contributed by atoms with Crippen LogP contribution < -0.4 is 16.4 Å². The van der Waals surface area contributed by atoms with Crippen molar-refractivity contribution in [2.24, 2.45) is 5.73 Å². The van der Waals surface area contributed by atoms with E-state index in [4.69, 9.17) is 5.73 Å². The van der Waals surface area contributed by atoms with Gasteiger partial charge in [0.15, 0.2) is 6.61 Å². The Labute approximate surface area is 115 Å². The first-order chi connectivity index (χ1) is 9.40. The number of ether oxygens (including phenoxy) is 2. The van der Waals surface area contributed by atoms with Crippen LogP contribution >= 0.6 is 0 Å². The second-order valence-corrected chi connectivity index (χ2v) is 3.49. The molecule has 0 fully saturated rings. The lowest BCUT2D eigenvalue weighted by Crippen LogP contribution is -2.44. The lowest BCUT2D eigenvalue weighted by Gasteiger charge is -2.11. The van der Waals surface area contributed by atoms with Gasteiger partial charge in [-0.25, -0.2) is 4.79 Å². The predicted octanol–water partition coefficient (Wildman–Crippen LogP) is -2.55. The quantitative estimate of drug-likeness (QED) is 0.346. The summed E-state index contributed by atoms with van der Waals surface area (Å²) < 4.78 is 8.87. The molecule has 0 saturated heterocycles. The van der Waals surface area contributed by atoms with Crippen LogP contribution in [0.15, 0.2) is 12.2 Å². The molecule has 0 aromatic heterocycles. The lowest BCUT2D eigenvalue weighted by molar-refractivity contribution is -0.149. The topological polar surface area (TPSA) is 137 Å². The van der Waals surface area contributed by atoms with E-state index in [1.165, 1.54) is 14.2 Å². The third-order valence-electron chi connectivity index (χ3n) is 2.00. The Morgan fingerprint density at radius 1 is 1.25 bits per heavy atom. The van der Waals surface area contributed by atoms with E-state index >= 15 is 0 Å². The number of likely N-dealkylation sites (N-methyl/N-ethyl adjacent to an activating group) is 1. The maximum Gasteiger partial charge on any atom is 0.330 e. The monoisotopic (exact) mass is 287 g/mol. The summed E-state index contributed by atoms with van der Waals surface area (Å²) in [5.74, 6) is -2.61. The summed E-state index contributed by atoms with van der Waals surface area (Å²) in [6.45, 7) is -0.643. The van der Waals surface area contributed by atoms with Gasteiger partial charge in [0.1, 0.15) is 6.04 Å². The molecule has 112 valence electrons. The number of amides is 2. The minimum atomic E-state index is -1.12. The molecule has 0 heterocycles. The Morgan fingerprint density at radius 2 is 1.90 bits per heavy atom. The van der Waals surface area contributed by atoms with E-state index in [0.717, 1.165) is 12.2 Å². The molecule has 20 heavy (non-hydrogen) atoms. The van der Waals surface area contributed by atoms with Crippen LogP contribution in [0.3, 0.4) is 0 Å². The van der Waals surface area contributed by atoms with Crippen molar-refractivity contribution >= 4 is 23.8 Å². The van der Waals surface area contributed by atoms with Gasteiger partial charge in [-0.15, -0.1) is 0 Å². The third kappa shape index (κ3) is 7.82. The minimum Gasteiger partial charge on any atom is -0.466 e. The van der Waals surface area contributed by atoms with Gasteiger partial charge in [-0.05, 0) is 0 Å². The molecule has 0 aliphatic rings. The highest BCUT2D eigenvalue weighted by Crippen LogP contribution is 1.86. The zero-order valence-corrected chi connectivity index (χ0v) is 11.2. The van der Waals surface area contributed by atoms with E-state index < -0.39 is 36.4 Å². The second kappa shape index (κ2) is 9.50. The molecule has 0 aliphatic heterocycles. The number of nitrogens with one attached hydrogen (secondary N) is 2. The molecule has 0 bridgehead atoms. The maximum absolute atomic E-state index is 11.3. The Bertz CT molecular complexity index is 407. The SMILES string of the molecule is CNC(=O)COC(=O)[C@@H](N)CNC(=O)/C=C/C(=O)OC. The van der Waals surface area contributed by atoms with E-state index in [1.54, 1.807) is 0 Å². The highest BCUT2D eigenvalue weighted by molar-refractivity contribution is 5.94. The zero-order chi connectivity index (χ0) is 15.5. The molecule has 0 aromatic rings. The van der Waals surface area contributed by atoms with E-state index in [0.29, 0.717) is 0 Å². The van der Waals surface area contributed by atoms with Crippen LogP contribution in [0.4, 0.5) is 0 Å². The number of methoxy groups -OCH3 is 1. The maximum atomic E-state index is 11.3. The average molecular weight is 287 g/mol. The fourth-order valence-corrected chi connectivity index (χ4v) is 0.880. The number of esters is 2. The molecular formula is C11H17N3O6. The summed E-state index contributed by atoms with van der Waals surface area (Å²) in [6, 6.07) is -1.12. The van der Waals surface area contributed by atoms with Gasteiger partial charge in [0.2, 0.25) is 5.91 Å². The number of carbonyl (C=O) groups is 4. The lowest BCUT2D eigenvalue weighted by atomic mass is 10.3. The van der Waals surface area contributed by atoms with Gasteiger partial charge in [0, 0.05) is 25.7 Å². The first-order valence-electron chi connectivity index (χ1n) is 5.57. The van der Waals surface area contributed by atoms with Crippen molar-refractivity contribution < 1.29 is 28.7 Å². The van der Waals surface area contributed by atoms with E-state index in [2.05, 4.69) is 20.1 Å². The van der Waals surface area contributed by atoms with E-state index in [-0.39, 0.29) is 6.54 Å². The summed E-state index contributed by atoms with van der Waals surface area (Å²) >= 11 is 0. The van der Waals surface area contributed by atoms with Crippen LogP contribution in [0.5, 0.6) is 0 Å². The Hall–Kier alpha value is -2.42. The van der Waals surface area contributed by atoms with Gasteiger partial charge < -0.3 is 25.8 Å². The van der Waals surface area contributed by atoms with Crippen LogP contribution in [0.25, 0.3) is 0 Å². The first kappa shape index (κ1) is 17.6. The predicted molar refractivity (Wildman–Crippen MR) is 67.2 cm³/mol. The molecule has 4 N–H and O–H groups in total. The Morgan fingerprint density at radius 3 is 2.45 bits per heavy atom. The summed E-state index contributed by atoms with van der Waals surface area (Å²) in [6.07, 6.45) is 1.86. The molecule has 0 aliphatic carbocycles. The van der Waals surface area contributed by atoms with Gasteiger partial charge in [0.25, 0.3) is 5.91 Å². The molecule has 0 rings (SSSR count). The van der Waals surface area contributed by atoms with Crippen molar-refractivity contribution in [2.45, 2.75) is 6.04 Å². The van der Waals surface area contributed by atoms with Crippen molar-refractivity contribution in [3.63, 3.8) is 0 Å². The van der Waals surface area contributed by atoms with Gasteiger partial charge >= 0.3 is 11.9 Å². The fraction of sp³-hybridized carbons (Fsp3) is 0.455. The molecule has 0 aromatic carbocycles. The molecule has 1 atom stereocenters. The van der Waals surface area contributed by atoms with Crippen molar-refractivity contribution in [1.82, 2.24) is 10.6 Å². The summed E-state index contributed by atoms with van der Waals surface area (Å²) in [5, 5.41) is 4.55. The molecule has 9 heteroatoms. The van der Waals surface area contributed by atoms with Crippen molar-refractivity contribution in [1.29, 1.82) is 0 Å². The van der Waals surface area contributed by atoms with Crippen LogP contribution in [-0.2, 0) is 28.7 Å². The summed E-state index contributed by atoms with van der Waals surface area (Å²) in [7, 11) is 2.56. The minimum absolute atomic E-state index is 0.197. The van der Waals surface area contributed by atoms with Gasteiger partial charge in [0.05, 0.1) is 7.11 Å².